The average Bonchev–Trinajstić information content (AvgIpc) is 2.32. The van der Waals surface area contributed by atoms with Gasteiger partial charge in [-0.05, 0) is 24.7 Å². The largest absolute Gasteiger partial charge is 0.391 e. The Bertz CT molecular complexity index is 136. The van der Waals surface area contributed by atoms with E-state index >= 15 is 0 Å². The summed E-state index contributed by atoms with van der Waals surface area (Å²) in [5, 5.41) is 13.2. The monoisotopic (exact) mass is 171 g/mol. The van der Waals surface area contributed by atoms with Crippen LogP contribution in [0.1, 0.15) is 33.6 Å². The summed E-state index contributed by atoms with van der Waals surface area (Å²) in [6.07, 6.45) is 2.07. The summed E-state index contributed by atoms with van der Waals surface area (Å²) in [5.41, 5.74) is 0. The SMILES string of the molecule is CC[C@H]1CN[C@H](CC(C)C)[C@H]1O. The molecule has 0 aromatic rings. The number of hydrogen-bond acceptors (Lipinski definition) is 2. The van der Waals surface area contributed by atoms with E-state index in [0.717, 1.165) is 19.4 Å². The van der Waals surface area contributed by atoms with Gasteiger partial charge < -0.3 is 10.4 Å². The first-order valence-electron chi connectivity index (χ1n) is 5.06. The minimum Gasteiger partial charge on any atom is -0.391 e. The van der Waals surface area contributed by atoms with Crippen LogP contribution in [0.15, 0.2) is 0 Å². The molecule has 0 amide bonds. The highest BCUT2D eigenvalue weighted by molar-refractivity contribution is 4.89. The zero-order valence-corrected chi connectivity index (χ0v) is 8.38. The van der Waals surface area contributed by atoms with E-state index in [1.807, 2.05) is 0 Å². The summed E-state index contributed by atoms with van der Waals surface area (Å²) in [6, 6.07) is 0.343. The number of aliphatic hydroxyl groups excluding tert-OH is 1. The van der Waals surface area contributed by atoms with Gasteiger partial charge in [-0.25, -0.2) is 0 Å². The fraction of sp³-hybridized carbons (Fsp3) is 1.00. The lowest BCUT2D eigenvalue weighted by Crippen LogP contribution is -2.32. The summed E-state index contributed by atoms with van der Waals surface area (Å²) >= 11 is 0. The molecular weight excluding hydrogens is 150 g/mol. The Kier molecular flexibility index (Phi) is 3.53. The lowest BCUT2D eigenvalue weighted by Gasteiger charge is -2.19. The van der Waals surface area contributed by atoms with Gasteiger partial charge in [-0.15, -0.1) is 0 Å². The molecule has 0 spiro atoms. The number of rotatable bonds is 3. The molecule has 2 N–H and O–H groups in total. The highest BCUT2D eigenvalue weighted by Gasteiger charge is 2.32. The third kappa shape index (κ3) is 2.20. The van der Waals surface area contributed by atoms with E-state index in [1.165, 1.54) is 0 Å². The summed E-state index contributed by atoms with van der Waals surface area (Å²) in [6.45, 7) is 7.55. The molecule has 3 atom stereocenters. The summed E-state index contributed by atoms with van der Waals surface area (Å²) in [7, 11) is 0. The predicted octanol–water partition coefficient (Wildman–Crippen LogP) is 1.39. The molecule has 0 bridgehead atoms. The second kappa shape index (κ2) is 4.24. The van der Waals surface area contributed by atoms with Crippen molar-refractivity contribution in [2.75, 3.05) is 6.54 Å². The van der Waals surface area contributed by atoms with E-state index in [-0.39, 0.29) is 6.10 Å². The molecule has 0 aromatic carbocycles. The van der Waals surface area contributed by atoms with Gasteiger partial charge >= 0.3 is 0 Å². The van der Waals surface area contributed by atoms with E-state index in [1.54, 1.807) is 0 Å². The lowest BCUT2D eigenvalue weighted by atomic mass is 9.94. The topological polar surface area (TPSA) is 32.3 Å². The van der Waals surface area contributed by atoms with Crippen LogP contribution in [-0.4, -0.2) is 23.8 Å². The van der Waals surface area contributed by atoms with E-state index in [0.29, 0.717) is 17.9 Å². The highest BCUT2D eigenvalue weighted by Crippen LogP contribution is 2.22. The van der Waals surface area contributed by atoms with Crippen LogP contribution < -0.4 is 5.32 Å². The van der Waals surface area contributed by atoms with Crippen LogP contribution in [0.3, 0.4) is 0 Å². The van der Waals surface area contributed by atoms with Crippen LogP contribution in [0.4, 0.5) is 0 Å². The van der Waals surface area contributed by atoms with Crippen molar-refractivity contribution in [1.29, 1.82) is 0 Å². The van der Waals surface area contributed by atoms with E-state index in [4.69, 9.17) is 0 Å². The predicted molar refractivity (Wildman–Crippen MR) is 51.0 cm³/mol. The first-order valence-corrected chi connectivity index (χ1v) is 5.06. The van der Waals surface area contributed by atoms with Gasteiger partial charge in [0.1, 0.15) is 0 Å². The maximum atomic E-state index is 9.84. The van der Waals surface area contributed by atoms with E-state index in [9.17, 15) is 5.11 Å². The molecule has 12 heavy (non-hydrogen) atoms. The average molecular weight is 171 g/mol. The highest BCUT2D eigenvalue weighted by atomic mass is 16.3. The zero-order chi connectivity index (χ0) is 9.14. The Balaban J connectivity index is 2.38. The van der Waals surface area contributed by atoms with Crippen molar-refractivity contribution in [3.8, 4) is 0 Å². The van der Waals surface area contributed by atoms with Gasteiger partial charge in [0.25, 0.3) is 0 Å². The van der Waals surface area contributed by atoms with Crippen LogP contribution in [0.2, 0.25) is 0 Å². The van der Waals surface area contributed by atoms with Crippen LogP contribution in [0, 0.1) is 11.8 Å². The molecular formula is C10H21NO. The van der Waals surface area contributed by atoms with Crippen molar-refractivity contribution in [1.82, 2.24) is 5.32 Å². The second-order valence-electron chi connectivity index (χ2n) is 4.30. The van der Waals surface area contributed by atoms with Gasteiger partial charge in [-0.2, -0.15) is 0 Å². The maximum absolute atomic E-state index is 9.84. The summed E-state index contributed by atoms with van der Waals surface area (Å²) in [4.78, 5) is 0. The standard InChI is InChI=1S/C10H21NO/c1-4-8-6-11-9(10(8)12)5-7(2)3/h7-12H,4-6H2,1-3H3/t8-,9+,10-/m0/s1. The van der Waals surface area contributed by atoms with Gasteiger partial charge in [0, 0.05) is 12.6 Å². The molecule has 1 aliphatic rings. The zero-order valence-electron chi connectivity index (χ0n) is 8.38. The number of hydrogen-bond donors (Lipinski definition) is 2. The first kappa shape index (κ1) is 10.0. The Morgan fingerprint density at radius 2 is 2.17 bits per heavy atom. The first-order chi connectivity index (χ1) is 5.65. The molecule has 72 valence electrons. The molecule has 2 nitrogen and oxygen atoms in total. The minimum absolute atomic E-state index is 0.114. The van der Waals surface area contributed by atoms with Crippen molar-refractivity contribution in [3.05, 3.63) is 0 Å². The molecule has 1 saturated heterocycles. The molecule has 1 fully saturated rings. The third-order valence-corrected chi connectivity index (χ3v) is 2.79. The maximum Gasteiger partial charge on any atom is 0.0733 e. The van der Waals surface area contributed by atoms with Crippen LogP contribution in [0.5, 0.6) is 0 Å². The van der Waals surface area contributed by atoms with Gasteiger partial charge in [-0.1, -0.05) is 20.8 Å². The molecule has 1 heterocycles. The van der Waals surface area contributed by atoms with Crippen molar-refractivity contribution < 1.29 is 5.11 Å². The molecule has 0 aliphatic carbocycles. The van der Waals surface area contributed by atoms with Crippen LogP contribution in [0.25, 0.3) is 0 Å². The summed E-state index contributed by atoms with van der Waals surface area (Å²) < 4.78 is 0. The Morgan fingerprint density at radius 3 is 2.58 bits per heavy atom. The molecule has 2 heteroatoms. The van der Waals surface area contributed by atoms with Gasteiger partial charge in [-0.3, -0.25) is 0 Å². The van der Waals surface area contributed by atoms with Crippen LogP contribution in [-0.2, 0) is 0 Å². The van der Waals surface area contributed by atoms with Gasteiger partial charge in [0.2, 0.25) is 0 Å². The smallest absolute Gasteiger partial charge is 0.0733 e. The minimum atomic E-state index is -0.114. The number of aliphatic hydroxyl groups is 1. The van der Waals surface area contributed by atoms with Crippen molar-refractivity contribution in [2.24, 2.45) is 11.8 Å². The molecule has 1 rings (SSSR count). The summed E-state index contributed by atoms with van der Waals surface area (Å²) in [5.74, 6) is 1.15. The normalized spacial score (nSPS) is 36.2. The quantitative estimate of drug-likeness (QED) is 0.672. The molecule has 0 saturated carbocycles. The Hall–Kier alpha value is -0.0800. The van der Waals surface area contributed by atoms with E-state index in [2.05, 4.69) is 26.1 Å². The second-order valence-corrected chi connectivity index (χ2v) is 4.30. The van der Waals surface area contributed by atoms with E-state index < -0.39 is 0 Å². The fourth-order valence-corrected chi connectivity index (χ4v) is 1.99. The van der Waals surface area contributed by atoms with Crippen LogP contribution >= 0.6 is 0 Å². The van der Waals surface area contributed by atoms with Gasteiger partial charge in [0.05, 0.1) is 6.10 Å². The molecule has 1 aliphatic heterocycles. The Morgan fingerprint density at radius 1 is 1.50 bits per heavy atom. The molecule has 0 radical (unpaired) electrons. The molecule has 0 unspecified atom stereocenters. The molecule has 0 aromatic heterocycles. The fourth-order valence-electron chi connectivity index (χ4n) is 1.99. The lowest BCUT2D eigenvalue weighted by molar-refractivity contribution is 0.108. The third-order valence-electron chi connectivity index (χ3n) is 2.79. The van der Waals surface area contributed by atoms with Crippen molar-refractivity contribution in [3.63, 3.8) is 0 Å². The van der Waals surface area contributed by atoms with Crippen molar-refractivity contribution >= 4 is 0 Å². The van der Waals surface area contributed by atoms with Crippen molar-refractivity contribution in [2.45, 2.75) is 45.8 Å². The number of nitrogens with one attached hydrogen (secondary N) is 1. The Labute approximate surface area is 75.4 Å². The van der Waals surface area contributed by atoms with Gasteiger partial charge in [0.15, 0.2) is 0 Å².